The third-order valence-corrected chi connectivity index (χ3v) is 4.55. The standard InChI is InChI=1S/C16H24N2.C2H6/c1-12(2)17-10-15-8-16(11-17)18(15)9-14-6-4-5-13(3)7-14;1-2/h4-7,12,15-16H,8-11H2,1-3H3;1-2H3. The van der Waals surface area contributed by atoms with Gasteiger partial charge in [-0.25, -0.2) is 0 Å². The summed E-state index contributed by atoms with van der Waals surface area (Å²) in [6.45, 7) is 14.5. The van der Waals surface area contributed by atoms with Gasteiger partial charge < -0.3 is 0 Å². The first-order chi connectivity index (χ1) is 9.63. The third-order valence-electron chi connectivity index (χ3n) is 4.55. The van der Waals surface area contributed by atoms with Gasteiger partial charge in [-0.1, -0.05) is 43.7 Å². The Hall–Kier alpha value is -0.860. The number of likely N-dealkylation sites (tertiary alicyclic amines) is 2. The van der Waals surface area contributed by atoms with Crippen molar-refractivity contribution in [2.24, 2.45) is 0 Å². The smallest absolute Gasteiger partial charge is 0.0245 e. The minimum absolute atomic E-state index is 0.705. The van der Waals surface area contributed by atoms with Gasteiger partial charge in [0.2, 0.25) is 0 Å². The maximum atomic E-state index is 2.70. The highest BCUT2D eigenvalue weighted by Gasteiger charge is 2.44. The van der Waals surface area contributed by atoms with Crippen LogP contribution < -0.4 is 0 Å². The third kappa shape index (κ3) is 3.24. The maximum absolute atomic E-state index is 2.70. The Morgan fingerprint density at radius 3 is 2.35 bits per heavy atom. The van der Waals surface area contributed by atoms with E-state index in [1.807, 2.05) is 13.8 Å². The largest absolute Gasteiger partial charge is 0.298 e. The number of hydrogen-bond acceptors (Lipinski definition) is 2. The minimum Gasteiger partial charge on any atom is -0.298 e. The first-order valence-corrected chi connectivity index (χ1v) is 8.19. The highest BCUT2D eigenvalue weighted by atomic mass is 15.4. The highest BCUT2D eigenvalue weighted by Crippen LogP contribution is 2.34. The zero-order chi connectivity index (χ0) is 14.7. The second kappa shape index (κ2) is 6.73. The second-order valence-electron chi connectivity index (χ2n) is 6.25. The molecule has 0 N–H and O–H groups in total. The monoisotopic (exact) mass is 274 g/mol. The van der Waals surface area contributed by atoms with Crippen LogP contribution in [0.2, 0.25) is 0 Å². The molecular formula is C18H30N2. The van der Waals surface area contributed by atoms with Crippen molar-refractivity contribution in [3.8, 4) is 0 Å². The molecule has 0 aliphatic carbocycles. The summed E-state index contributed by atoms with van der Waals surface area (Å²) in [6.07, 6.45) is 1.41. The molecule has 2 unspecified atom stereocenters. The zero-order valence-electron chi connectivity index (χ0n) is 13.8. The number of hydrogen-bond donors (Lipinski definition) is 0. The Morgan fingerprint density at radius 2 is 1.80 bits per heavy atom. The van der Waals surface area contributed by atoms with Crippen molar-refractivity contribution < 1.29 is 0 Å². The van der Waals surface area contributed by atoms with Crippen LogP contribution in [0.25, 0.3) is 0 Å². The predicted molar refractivity (Wildman–Crippen MR) is 87.0 cm³/mol. The normalized spacial score (nSPS) is 25.9. The summed E-state index contributed by atoms with van der Waals surface area (Å²) in [5.74, 6) is 0. The molecule has 2 heteroatoms. The van der Waals surface area contributed by atoms with Crippen LogP contribution in [0.1, 0.15) is 45.2 Å². The number of aryl methyl sites for hydroxylation is 1. The topological polar surface area (TPSA) is 6.48 Å². The summed E-state index contributed by atoms with van der Waals surface area (Å²) < 4.78 is 0. The Morgan fingerprint density at radius 1 is 1.15 bits per heavy atom. The lowest BCUT2D eigenvalue weighted by Crippen LogP contribution is -2.68. The predicted octanol–water partition coefficient (Wildman–Crippen LogP) is 3.69. The Bertz CT molecular complexity index is 415. The number of piperidine rings is 1. The first-order valence-electron chi connectivity index (χ1n) is 8.19. The molecule has 0 amide bonds. The fourth-order valence-electron chi connectivity index (χ4n) is 3.42. The van der Waals surface area contributed by atoms with E-state index in [0.29, 0.717) is 6.04 Å². The summed E-state index contributed by atoms with van der Waals surface area (Å²) in [5, 5.41) is 0. The van der Waals surface area contributed by atoms with Crippen molar-refractivity contribution in [3.05, 3.63) is 35.4 Å². The average Bonchev–Trinajstić information content (AvgIpc) is 2.47. The summed E-state index contributed by atoms with van der Waals surface area (Å²) in [6, 6.07) is 11.3. The molecule has 112 valence electrons. The van der Waals surface area contributed by atoms with Gasteiger partial charge in [-0.15, -0.1) is 0 Å². The van der Waals surface area contributed by atoms with Crippen molar-refractivity contribution in [1.29, 1.82) is 0 Å². The van der Waals surface area contributed by atoms with Crippen LogP contribution in [-0.4, -0.2) is 41.0 Å². The number of piperazine rings is 1. The van der Waals surface area contributed by atoms with Crippen LogP contribution in [0, 0.1) is 6.92 Å². The van der Waals surface area contributed by atoms with Crippen LogP contribution in [-0.2, 0) is 6.54 Å². The fourth-order valence-corrected chi connectivity index (χ4v) is 3.42. The van der Waals surface area contributed by atoms with Crippen molar-refractivity contribution in [1.82, 2.24) is 9.80 Å². The number of rotatable bonds is 3. The van der Waals surface area contributed by atoms with E-state index >= 15 is 0 Å². The second-order valence-corrected chi connectivity index (χ2v) is 6.25. The van der Waals surface area contributed by atoms with Gasteiger partial charge in [-0.05, 0) is 32.8 Å². The van der Waals surface area contributed by atoms with Crippen molar-refractivity contribution in [2.75, 3.05) is 13.1 Å². The summed E-state index contributed by atoms with van der Waals surface area (Å²) >= 11 is 0. The zero-order valence-corrected chi connectivity index (χ0v) is 13.8. The van der Waals surface area contributed by atoms with E-state index in [4.69, 9.17) is 0 Å². The number of nitrogens with zero attached hydrogens (tertiary/aromatic N) is 2. The van der Waals surface area contributed by atoms with Crippen LogP contribution in [0.5, 0.6) is 0 Å². The molecule has 1 aromatic carbocycles. The van der Waals surface area contributed by atoms with Crippen LogP contribution in [0.4, 0.5) is 0 Å². The van der Waals surface area contributed by atoms with Gasteiger partial charge in [0.25, 0.3) is 0 Å². The molecule has 0 aromatic heterocycles. The molecule has 2 heterocycles. The van der Waals surface area contributed by atoms with E-state index < -0.39 is 0 Å². The molecule has 0 radical (unpaired) electrons. The number of benzene rings is 1. The molecule has 2 atom stereocenters. The first kappa shape index (κ1) is 15.5. The van der Waals surface area contributed by atoms with Gasteiger partial charge in [0, 0.05) is 37.8 Å². The SMILES string of the molecule is CC.Cc1cccc(CN2C3CC2CN(C(C)C)C3)c1. The van der Waals surface area contributed by atoms with E-state index in [-0.39, 0.29) is 0 Å². The average molecular weight is 274 g/mol. The van der Waals surface area contributed by atoms with Crippen molar-refractivity contribution in [3.63, 3.8) is 0 Å². The minimum atomic E-state index is 0.705. The van der Waals surface area contributed by atoms with Crippen LogP contribution in [0.15, 0.2) is 24.3 Å². The lowest BCUT2D eigenvalue weighted by atomic mass is 9.86. The Labute approximate surface area is 124 Å². The van der Waals surface area contributed by atoms with Crippen molar-refractivity contribution >= 4 is 0 Å². The summed E-state index contributed by atoms with van der Waals surface area (Å²) in [4.78, 5) is 5.33. The number of fused-ring (bicyclic) bond motifs is 2. The lowest BCUT2D eigenvalue weighted by molar-refractivity contribution is -0.0835. The molecule has 0 saturated carbocycles. The molecule has 2 aliphatic heterocycles. The maximum Gasteiger partial charge on any atom is 0.0245 e. The van der Waals surface area contributed by atoms with E-state index in [1.165, 1.54) is 30.6 Å². The molecule has 0 spiro atoms. The molecule has 2 nitrogen and oxygen atoms in total. The van der Waals surface area contributed by atoms with Crippen LogP contribution in [0.3, 0.4) is 0 Å². The molecule has 2 fully saturated rings. The van der Waals surface area contributed by atoms with Gasteiger partial charge in [0.15, 0.2) is 0 Å². The van der Waals surface area contributed by atoms with Gasteiger partial charge in [-0.2, -0.15) is 0 Å². The lowest BCUT2D eigenvalue weighted by Gasteiger charge is -2.57. The quantitative estimate of drug-likeness (QED) is 0.829. The van der Waals surface area contributed by atoms with E-state index in [1.54, 1.807) is 0 Å². The van der Waals surface area contributed by atoms with Gasteiger partial charge in [0.05, 0.1) is 0 Å². The molecule has 2 aliphatic rings. The fraction of sp³-hybridized carbons (Fsp3) is 0.667. The van der Waals surface area contributed by atoms with Crippen molar-refractivity contribution in [2.45, 2.75) is 65.7 Å². The highest BCUT2D eigenvalue weighted by molar-refractivity contribution is 5.23. The van der Waals surface area contributed by atoms with E-state index in [2.05, 4.69) is 54.8 Å². The summed E-state index contributed by atoms with van der Waals surface area (Å²) in [7, 11) is 0. The molecule has 20 heavy (non-hydrogen) atoms. The van der Waals surface area contributed by atoms with E-state index in [9.17, 15) is 0 Å². The van der Waals surface area contributed by atoms with Crippen LogP contribution >= 0.6 is 0 Å². The molecule has 2 saturated heterocycles. The molecule has 1 aromatic rings. The molecule has 3 rings (SSSR count). The molecular weight excluding hydrogens is 244 g/mol. The van der Waals surface area contributed by atoms with Gasteiger partial charge >= 0.3 is 0 Å². The van der Waals surface area contributed by atoms with Gasteiger partial charge in [0.1, 0.15) is 0 Å². The van der Waals surface area contributed by atoms with E-state index in [0.717, 1.165) is 18.6 Å². The summed E-state index contributed by atoms with van der Waals surface area (Å²) in [5.41, 5.74) is 2.85. The Kier molecular flexibility index (Phi) is 5.22. The van der Waals surface area contributed by atoms with Gasteiger partial charge in [-0.3, -0.25) is 9.80 Å². The Balaban J connectivity index is 0.000000704. The molecule has 2 bridgehead atoms.